The molecule has 2 rings (SSSR count). The minimum absolute atomic E-state index is 0.0360. The molecule has 0 unspecified atom stereocenters. The average molecular weight is 242 g/mol. The molecule has 1 fully saturated rings. The quantitative estimate of drug-likeness (QED) is 0.648. The van der Waals surface area contributed by atoms with Gasteiger partial charge in [-0.15, -0.1) is 0 Å². The molecule has 1 heterocycles. The van der Waals surface area contributed by atoms with E-state index in [2.05, 4.69) is 10.3 Å². The lowest BCUT2D eigenvalue weighted by Gasteiger charge is -2.03. The van der Waals surface area contributed by atoms with Crippen LogP contribution in [0, 0.1) is 16.0 Å². The highest BCUT2D eigenvalue weighted by atomic mass is 35.5. The van der Waals surface area contributed by atoms with Gasteiger partial charge in [0.2, 0.25) is 5.91 Å². The minimum atomic E-state index is -0.623. The van der Waals surface area contributed by atoms with Crippen molar-refractivity contribution in [2.45, 2.75) is 12.8 Å². The molecule has 0 saturated heterocycles. The number of halogens is 1. The van der Waals surface area contributed by atoms with E-state index in [-0.39, 0.29) is 28.4 Å². The smallest absolute Gasteiger partial charge is 0.306 e. The summed E-state index contributed by atoms with van der Waals surface area (Å²) in [6.07, 6.45) is 2.80. The third-order valence-corrected chi connectivity index (χ3v) is 2.53. The summed E-state index contributed by atoms with van der Waals surface area (Å²) in [5.41, 5.74) is -0.272. The summed E-state index contributed by atoms with van der Waals surface area (Å²) < 4.78 is 0. The molecule has 0 aliphatic heterocycles. The van der Waals surface area contributed by atoms with Crippen LogP contribution in [0.3, 0.4) is 0 Å². The molecule has 0 spiro atoms. The summed E-state index contributed by atoms with van der Waals surface area (Å²) in [5, 5.41) is 13.0. The van der Waals surface area contributed by atoms with Crippen LogP contribution in [0.1, 0.15) is 12.8 Å². The lowest BCUT2D eigenvalue weighted by Crippen LogP contribution is -2.14. The maximum Gasteiger partial charge on any atom is 0.306 e. The molecule has 6 nitrogen and oxygen atoms in total. The molecule has 1 aromatic rings. The lowest BCUT2D eigenvalue weighted by atomic mass is 10.3. The monoisotopic (exact) mass is 241 g/mol. The maximum absolute atomic E-state index is 11.4. The van der Waals surface area contributed by atoms with Crippen LogP contribution >= 0.6 is 11.6 Å². The topological polar surface area (TPSA) is 85.1 Å². The molecule has 7 heteroatoms. The Morgan fingerprint density at radius 1 is 1.62 bits per heavy atom. The van der Waals surface area contributed by atoms with E-state index in [1.807, 2.05) is 0 Å². The van der Waals surface area contributed by atoms with E-state index in [1.54, 1.807) is 0 Å². The molecule has 0 atom stereocenters. The van der Waals surface area contributed by atoms with Gasteiger partial charge in [-0.1, -0.05) is 11.6 Å². The van der Waals surface area contributed by atoms with Crippen LogP contribution in [0.25, 0.3) is 0 Å². The number of amides is 1. The van der Waals surface area contributed by atoms with Gasteiger partial charge in [-0.2, -0.15) is 0 Å². The lowest BCUT2D eigenvalue weighted by molar-refractivity contribution is -0.385. The summed E-state index contributed by atoms with van der Waals surface area (Å²) in [5.74, 6) is 0.181. The average Bonchev–Trinajstić information content (AvgIpc) is 2.99. The predicted octanol–water partition coefficient (Wildman–Crippen LogP) is 1.99. The third kappa shape index (κ3) is 2.27. The number of nitro groups is 1. The zero-order valence-electron chi connectivity index (χ0n) is 8.14. The van der Waals surface area contributed by atoms with E-state index < -0.39 is 4.92 Å². The van der Waals surface area contributed by atoms with Gasteiger partial charge in [0.25, 0.3) is 0 Å². The Morgan fingerprint density at radius 3 is 2.81 bits per heavy atom. The van der Waals surface area contributed by atoms with Crippen molar-refractivity contribution in [3.8, 4) is 0 Å². The van der Waals surface area contributed by atoms with Crippen LogP contribution in [-0.2, 0) is 4.79 Å². The standard InChI is InChI=1S/C9H8ClN3O3/c10-6-3-8(11-4-7(6)13(15)16)12-9(14)5-1-2-5/h3-5H,1-2H2,(H,11,12,14). The Balaban J connectivity index is 2.14. The Kier molecular flexibility index (Phi) is 2.74. The number of rotatable bonds is 3. The van der Waals surface area contributed by atoms with E-state index in [9.17, 15) is 14.9 Å². The first-order chi connectivity index (χ1) is 7.58. The first-order valence-corrected chi connectivity index (χ1v) is 5.06. The molecule has 1 saturated carbocycles. The van der Waals surface area contributed by atoms with Crippen molar-refractivity contribution in [1.82, 2.24) is 4.98 Å². The van der Waals surface area contributed by atoms with Crippen LogP contribution in [0.2, 0.25) is 5.02 Å². The van der Waals surface area contributed by atoms with E-state index in [0.717, 1.165) is 19.0 Å². The molecule has 0 bridgehead atoms. The van der Waals surface area contributed by atoms with Gasteiger partial charge in [-0.3, -0.25) is 14.9 Å². The van der Waals surface area contributed by atoms with Crippen molar-refractivity contribution in [3.63, 3.8) is 0 Å². The zero-order chi connectivity index (χ0) is 11.7. The number of hydrogen-bond donors (Lipinski definition) is 1. The summed E-state index contributed by atoms with van der Waals surface area (Å²) in [4.78, 5) is 25.0. The highest BCUT2D eigenvalue weighted by Gasteiger charge is 2.30. The second kappa shape index (κ2) is 4.05. The molecule has 1 aromatic heterocycles. The number of nitrogens with zero attached hydrogens (tertiary/aromatic N) is 2. The van der Waals surface area contributed by atoms with Gasteiger partial charge in [0.15, 0.2) is 0 Å². The SMILES string of the molecule is O=C(Nc1cc(Cl)c([N+](=O)[O-])cn1)C1CC1. The third-order valence-electron chi connectivity index (χ3n) is 2.23. The summed E-state index contributed by atoms with van der Waals surface area (Å²) in [7, 11) is 0. The minimum Gasteiger partial charge on any atom is -0.310 e. The molecule has 16 heavy (non-hydrogen) atoms. The van der Waals surface area contributed by atoms with Crippen LogP contribution in [0.5, 0.6) is 0 Å². The number of aromatic nitrogens is 1. The molecule has 0 radical (unpaired) electrons. The molecule has 1 amide bonds. The number of anilines is 1. The molecular formula is C9H8ClN3O3. The van der Waals surface area contributed by atoms with Crippen LogP contribution < -0.4 is 5.32 Å². The van der Waals surface area contributed by atoms with Gasteiger partial charge < -0.3 is 5.32 Å². The van der Waals surface area contributed by atoms with E-state index in [0.29, 0.717) is 0 Å². The van der Waals surface area contributed by atoms with E-state index in [4.69, 9.17) is 11.6 Å². The molecule has 1 aliphatic carbocycles. The molecule has 0 aromatic carbocycles. The Bertz CT molecular complexity index is 459. The van der Waals surface area contributed by atoms with E-state index >= 15 is 0 Å². The number of nitrogens with one attached hydrogen (secondary N) is 1. The Morgan fingerprint density at radius 2 is 2.31 bits per heavy atom. The van der Waals surface area contributed by atoms with Gasteiger partial charge >= 0.3 is 5.69 Å². The van der Waals surface area contributed by atoms with Crippen molar-refractivity contribution in [1.29, 1.82) is 0 Å². The molecule has 84 valence electrons. The molecule has 1 N–H and O–H groups in total. The first kappa shape index (κ1) is 10.8. The fourth-order valence-electron chi connectivity index (χ4n) is 1.20. The summed E-state index contributed by atoms with van der Waals surface area (Å²) in [6.45, 7) is 0. The summed E-state index contributed by atoms with van der Waals surface area (Å²) in [6, 6.07) is 1.28. The number of hydrogen-bond acceptors (Lipinski definition) is 4. The highest BCUT2D eigenvalue weighted by molar-refractivity contribution is 6.32. The normalized spacial score (nSPS) is 14.6. The van der Waals surface area contributed by atoms with Crippen molar-refractivity contribution in [2.24, 2.45) is 5.92 Å². The Hall–Kier alpha value is -1.69. The van der Waals surface area contributed by atoms with Crippen LogP contribution in [-0.4, -0.2) is 15.8 Å². The predicted molar refractivity (Wildman–Crippen MR) is 57.3 cm³/mol. The van der Waals surface area contributed by atoms with Crippen LogP contribution in [0.15, 0.2) is 12.3 Å². The maximum atomic E-state index is 11.4. The zero-order valence-corrected chi connectivity index (χ0v) is 8.90. The van der Waals surface area contributed by atoms with Crippen molar-refractivity contribution in [3.05, 3.63) is 27.4 Å². The van der Waals surface area contributed by atoms with Crippen molar-refractivity contribution < 1.29 is 9.72 Å². The van der Waals surface area contributed by atoms with Gasteiger partial charge in [0.1, 0.15) is 17.0 Å². The van der Waals surface area contributed by atoms with Crippen LogP contribution in [0.4, 0.5) is 11.5 Å². The first-order valence-electron chi connectivity index (χ1n) is 4.68. The second-order valence-corrected chi connectivity index (χ2v) is 3.95. The van der Waals surface area contributed by atoms with Gasteiger partial charge in [-0.25, -0.2) is 4.98 Å². The van der Waals surface area contributed by atoms with Gasteiger partial charge in [-0.05, 0) is 12.8 Å². The molecule has 1 aliphatic rings. The van der Waals surface area contributed by atoms with E-state index in [1.165, 1.54) is 6.07 Å². The van der Waals surface area contributed by atoms with Gasteiger partial charge in [0.05, 0.1) is 4.92 Å². The number of pyridine rings is 1. The fraction of sp³-hybridized carbons (Fsp3) is 0.333. The highest BCUT2D eigenvalue weighted by Crippen LogP contribution is 2.31. The largest absolute Gasteiger partial charge is 0.310 e. The van der Waals surface area contributed by atoms with Gasteiger partial charge in [0, 0.05) is 12.0 Å². The fourth-order valence-corrected chi connectivity index (χ4v) is 1.42. The van der Waals surface area contributed by atoms with Crippen molar-refractivity contribution >= 4 is 29.0 Å². The second-order valence-electron chi connectivity index (χ2n) is 3.54. The van der Waals surface area contributed by atoms with Crippen molar-refractivity contribution in [2.75, 3.05) is 5.32 Å². The number of carbonyl (C=O) groups is 1. The summed E-state index contributed by atoms with van der Waals surface area (Å²) >= 11 is 5.67. The number of carbonyl (C=O) groups excluding carboxylic acids is 1. The molecular weight excluding hydrogens is 234 g/mol. The Labute approximate surface area is 95.8 Å².